The molecular weight excluding hydrogens is 411 g/mol. The van der Waals surface area contributed by atoms with E-state index in [9.17, 15) is 18.8 Å². The highest BCUT2D eigenvalue weighted by Crippen LogP contribution is 2.33. The largest absolute Gasteiger partial charge is 0.346 e. The second-order valence-electron chi connectivity index (χ2n) is 7.67. The predicted molar refractivity (Wildman–Crippen MR) is 115 cm³/mol. The van der Waals surface area contributed by atoms with Crippen LogP contribution in [0.15, 0.2) is 54.7 Å². The van der Waals surface area contributed by atoms with E-state index in [0.29, 0.717) is 23.1 Å². The molecule has 7 nitrogen and oxygen atoms in total. The summed E-state index contributed by atoms with van der Waals surface area (Å²) in [4.78, 5) is 40.1. The first-order valence-electron chi connectivity index (χ1n) is 10.3. The van der Waals surface area contributed by atoms with E-state index in [2.05, 4.69) is 11.4 Å². The number of fused-ring (bicyclic) bond motifs is 1. The number of halogens is 1. The van der Waals surface area contributed by atoms with Crippen molar-refractivity contribution >= 4 is 28.6 Å². The molecule has 1 aliphatic heterocycles. The van der Waals surface area contributed by atoms with Gasteiger partial charge in [-0.1, -0.05) is 37.3 Å². The van der Waals surface area contributed by atoms with Gasteiger partial charge in [-0.05, 0) is 30.2 Å². The zero-order valence-corrected chi connectivity index (χ0v) is 17.5. The molecule has 1 aromatic heterocycles. The van der Waals surface area contributed by atoms with Crippen molar-refractivity contribution in [2.24, 2.45) is 0 Å². The molecule has 32 heavy (non-hydrogen) atoms. The van der Waals surface area contributed by atoms with Crippen molar-refractivity contribution in [3.63, 3.8) is 0 Å². The molecule has 0 spiro atoms. The number of nitriles is 1. The number of aryl methyl sites for hydroxylation is 1. The monoisotopic (exact) mass is 432 g/mol. The Morgan fingerprint density at radius 1 is 1.16 bits per heavy atom. The Hall–Kier alpha value is -3.99. The third kappa shape index (κ3) is 3.42. The lowest BCUT2D eigenvalue weighted by Crippen LogP contribution is -2.43. The highest BCUT2D eigenvalue weighted by atomic mass is 19.1. The number of benzene rings is 2. The third-order valence-electron chi connectivity index (χ3n) is 5.90. The number of para-hydroxylation sites is 1. The quantitative estimate of drug-likeness (QED) is 0.455. The normalized spacial score (nSPS) is 18.1. The van der Waals surface area contributed by atoms with Gasteiger partial charge < -0.3 is 9.88 Å². The van der Waals surface area contributed by atoms with Crippen LogP contribution >= 0.6 is 0 Å². The van der Waals surface area contributed by atoms with Gasteiger partial charge in [-0.25, -0.2) is 9.18 Å². The molecule has 1 aliphatic rings. The van der Waals surface area contributed by atoms with Crippen LogP contribution in [0, 0.1) is 17.1 Å². The maximum Gasteiger partial charge on any atom is 0.325 e. The lowest BCUT2D eigenvalue weighted by Gasteiger charge is -2.25. The molecule has 162 valence electrons. The van der Waals surface area contributed by atoms with E-state index < -0.39 is 29.8 Å². The fraction of sp³-hybridized carbons (Fsp3) is 0.250. The number of nitrogens with zero attached hydrogens (tertiary/aromatic N) is 3. The zero-order valence-electron chi connectivity index (χ0n) is 17.5. The van der Waals surface area contributed by atoms with Gasteiger partial charge in [0, 0.05) is 29.2 Å². The number of ketones is 1. The summed E-state index contributed by atoms with van der Waals surface area (Å²) in [5, 5.41) is 12.3. The SMILES string of the molecule is CCC1(c2ccc(F)cc2)NC(=O)N(CC(=O)c2cn(CCC#N)c3ccccc23)C1=O. The number of Topliss-reactive ketones (excluding diaryl/α,β-unsaturated/α-hetero) is 1. The fourth-order valence-electron chi connectivity index (χ4n) is 4.20. The van der Waals surface area contributed by atoms with Crippen LogP contribution in [0.4, 0.5) is 9.18 Å². The minimum atomic E-state index is -1.34. The van der Waals surface area contributed by atoms with Crippen molar-refractivity contribution in [2.75, 3.05) is 6.54 Å². The van der Waals surface area contributed by atoms with Crippen molar-refractivity contribution in [1.29, 1.82) is 5.26 Å². The minimum Gasteiger partial charge on any atom is -0.346 e. The summed E-state index contributed by atoms with van der Waals surface area (Å²) < 4.78 is 15.2. The number of nitrogens with one attached hydrogen (secondary N) is 1. The van der Waals surface area contributed by atoms with Crippen LogP contribution in [0.2, 0.25) is 0 Å². The smallest absolute Gasteiger partial charge is 0.325 e. The highest BCUT2D eigenvalue weighted by molar-refractivity contribution is 6.14. The van der Waals surface area contributed by atoms with Crippen LogP contribution in [0.1, 0.15) is 35.7 Å². The molecule has 0 bridgehead atoms. The summed E-state index contributed by atoms with van der Waals surface area (Å²) in [6, 6.07) is 14.1. The van der Waals surface area contributed by atoms with Crippen molar-refractivity contribution < 1.29 is 18.8 Å². The van der Waals surface area contributed by atoms with Crippen LogP contribution < -0.4 is 5.32 Å². The summed E-state index contributed by atoms with van der Waals surface area (Å²) in [7, 11) is 0. The first-order chi connectivity index (χ1) is 15.4. The third-order valence-corrected chi connectivity index (χ3v) is 5.90. The molecule has 1 unspecified atom stereocenters. The van der Waals surface area contributed by atoms with Crippen molar-refractivity contribution in [1.82, 2.24) is 14.8 Å². The van der Waals surface area contributed by atoms with Gasteiger partial charge in [-0.3, -0.25) is 14.5 Å². The average Bonchev–Trinajstić information content (AvgIpc) is 3.29. The molecule has 0 aliphatic carbocycles. The number of hydrogen-bond donors (Lipinski definition) is 1. The Balaban J connectivity index is 1.64. The van der Waals surface area contributed by atoms with Crippen LogP contribution in [0.5, 0.6) is 0 Å². The second kappa shape index (κ2) is 8.27. The van der Waals surface area contributed by atoms with E-state index in [1.54, 1.807) is 25.3 Å². The summed E-state index contributed by atoms with van der Waals surface area (Å²) in [6.07, 6.45) is 2.20. The van der Waals surface area contributed by atoms with Gasteiger partial charge in [-0.15, -0.1) is 0 Å². The van der Waals surface area contributed by atoms with Crippen molar-refractivity contribution in [3.8, 4) is 6.07 Å². The molecule has 1 saturated heterocycles. The van der Waals surface area contributed by atoms with Crippen LogP contribution in [0.3, 0.4) is 0 Å². The molecule has 2 aromatic carbocycles. The number of amides is 3. The first-order valence-corrected chi connectivity index (χ1v) is 10.3. The van der Waals surface area contributed by atoms with Crippen LogP contribution in [-0.2, 0) is 16.9 Å². The molecule has 3 aromatic rings. The standard InChI is InChI=1S/C24H21FN4O3/c1-2-24(16-8-10-17(25)11-9-16)22(31)29(23(32)27-24)15-21(30)19-14-28(13-5-12-26)20-7-4-3-6-18(19)20/h3-4,6-11,14H,2,5,13,15H2,1H3,(H,27,32). The van der Waals surface area contributed by atoms with E-state index in [0.717, 1.165) is 10.4 Å². The Bertz CT molecular complexity index is 1260. The van der Waals surface area contributed by atoms with E-state index >= 15 is 0 Å². The molecule has 4 rings (SSSR count). The number of aromatic nitrogens is 1. The molecule has 1 fully saturated rings. The second-order valence-corrected chi connectivity index (χ2v) is 7.67. The topological polar surface area (TPSA) is 95.2 Å². The first kappa shape index (κ1) is 21.2. The van der Waals surface area contributed by atoms with Gasteiger partial charge in [0.25, 0.3) is 5.91 Å². The molecule has 0 saturated carbocycles. The number of imide groups is 1. The molecule has 1 N–H and O–H groups in total. The minimum absolute atomic E-state index is 0.251. The van der Waals surface area contributed by atoms with Gasteiger partial charge in [0.15, 0.2) is 5.78 Å². The molecule has 8 heteroatoms. The molecule has 3 amide bonds. The average molecular weight is 432 g/mol. The Morgan fingerprint density at radius 2 is 1.88 bits per heavy atom. The summed E-state index contributed by atoms with van der Waals surface area (Å²) in [5.41, 5.74) is 0.307. The number of rotatable bonds is 7. The molecular formula is C24H21FN4O3. The maximum atomic E-state index is 13.4. The van der Waals surface area contributed by atoms with E-state index in [1.165, 1.54) is 24.3 Å². The zero-order chi connectivity index (χ0) is 22.9. The molecule has 1 atom stereocenters. The van der Waals surface area contributed by atoms with Crippen LogP contribution in [0.25, 0.3) is 10.9 Å². The van der Waals surface area contributed by atoms with Gasteiger partial charge in [-0.2, -0.15) is 5.26 Å². The van der Waals surface area contributed by atoms with E-state index in [1.807, 2.05) is 16.7 Å². The van der Waals surface area contributed by atoms with E-state index in [-0.39, 0.29) is 18.6 Å². The molecule has 0 radical (unpaired) electrons. The van der Waals surface area contributed by atoms with Gasteiger partial charge in [0.1, 0.15) is 11.4 Å². The lowest BCUT2D eigenvalue weighted by atomic mass is 9.87. The number of urea groups is 1. The molecule has 2 heterocycles. The fourth-order valence-corrected chi connectivity index (χ4v) is 4.20. The van der Waals surface area contributed by atoms with Gasteiger partial charge in [0.2, 0.25) is 0 Å². The van der Waals surface area contributed by atoms with Gasteiger partial charge in [0.05, 0.1) is 19.0 Å². The predicted octanol–water partition coefficient (Wildman–Crippen LogP) is 3.73. The Morgan fingerprint density at radius 3 is 2.56 bits per heavy atom. The number of carbonyl (C=O) groups excluding carboxylic acids is 3. The van der Waals surface area contributed by atoms with Gasteiger partial charge >= 0.3 is 6.03 Å². The van der Waals surface area contributed by atoms with Crippen LogP contribution in [-0.4, -0.2) is 33.7 Å². The summed E-state index contributed by atoms with van der Waals surface area (Å²) >= 11 is 0. The summed E-state index contributed by atoms with van der Waals surface area (Å²) in [5.74, 6) is -1.37. The Kier molecular flexibility index (Phi) is 5.49. The maximum absolute atomic E-state index is 13.4. The number of carbonyl (C=O) groups is 3. The summed E-state index contributed by atoms with van der Waals surface area (Å²) in [6.45, 7) is 1.76. The number of hydrogen-bond acceptors (Lipinski definition) is 4. The Labute approximate surface area is 184 Å². The van der Waals surface area contributed by atoms with Crippen molar-refractivity contribution in [2.45, 2.75) is 31.8 Å². The highest BCUT2D eigenvalue weighted by Gasteiger charge is 2.51. The van der Waals surface area contributed by atoms with E-state index in [4.69, 9.17) is 5.26 Å². The van der Waals surface area contributed by atoms with Crippen molar-refractivity contribution in [3.05, 3.63) is 71.7 Å². The lowest BCUT2D eigenvalue weighted by molar-refractivity contribution is -0.131.